The van der Waals surface area contributed by atoms with Gasteiger partial charge < -0.3 is 5.32 Å². The lowest BCUT2D eigenvalue weighted by Gasteiger charge is -2.15. The molecule has 102 valence electrons. The van der Waals surface area contributed by atoms with Crippen LogP contribution in [0.15, 0.2) is 6.07 Å². The van der Waals surface area contributed by atoms with Crippen molar-refractivity contribution in [2.75, 3.05) is 5.32 Å². The van der Waals surface area contributed by atoms with Crippen LogP contribution in [0.25, 0.3) is 0 Å². The first kappa shape index (κ1) is 13.5. The number of aromatic nitrogens is 4. The lowest BCUT2D eigenvalue weighted by atomic mass is 10.1. The van der Waals surface area contributed by atoms with Gasteiger partial charge in [-0.3, -0.25) is 4.68 Å². The molecule has 0 spiro atoms. The van der Waals surface area contributed by atoms with E-state index in [-0.39, 0.29) is 6.04 Å². The van der Waals surface area contributed by atoms with E-state index < -0.39 is 0 Å². The molecule has 5 nitrogen and oxygen atoms in total. The molecular weight excluding hydrogens is 238 g/mol. The highest BCUT2D eigenvalue weighted by Gasteiger charge is 2.17. The van der Waals surface area contributed by atoms with E-state index in [1.807, 2.05) is 38.6 Å². The maximum atomic E-state index is 4.44. The Bertz CT molecular complexity index is 580. The van der Waals surface area contributed by atoms with Gasteiger partial charge in [0, 0.05) is 29.7 Å². The first-order valence-electron chi connectivity index (χ1n) is 6.47. The molecule has 0 unspecified atom stereocenters. The van der Waals surface area contributed by atoms with E-state index in [1.165, 1.54) is 11.3 Å². The molecule has 0 aliphatic rings. The van der Waals surface area contributed by atoms with Gasteiger partial charge in [-0.1, -0.05) is 0 Å². The summed E-state index contributed by atoms with van der Waals surface area (Å²) < 4.78 is 1.91. The molecule has 2 heterocycles. The largest absolute Gasteiger partial charge is 0.348 e. The minimum atomic E-state index is 0.134. The highest BCUT2D eigenvalue weighted by molar-refractivity contribution is 5.36. The lowest BCUT2D eigenvalue weighted by Crippen LogP contribution is -2.12. The third kappa shape index (κ3) is 2.75. The zero-order valence-corrected chi connectivity index (χ0v) is 12.4. The molecule has 1 N–H and O–H groups in total. The molecular formula is C14H21N5. The average molecular weight is 259 g/mol. The molecule has 0 saturated heterocycles. The number of aryl methyl sites for hydroxylation is 4. The second-order valence-electron chi connectivity index (χ2n) is 5.05. The van der Waals surface area contributed by atoms with Crippen molar-refractivity contribution in [3.05, 3.63) is 34.4 Å². The smallest absolute Gasteiger partial charge is 0.223 e. The Morgan fingerprint density at radius 2 is 1.68 bits per heavy atom. The number of rotatable bonds is 3. The van der Waals surface area contributed by atoms with Gasteiger partial charge in [-0.2, -0.15) is 5.10 Å². The van der Waals surface area contributed by atoms with Crippen LogP contribution in [0, 0.1) is 27.7 Å². The van der Waals surface area contributed by atoms with Crippen molar-refractivity contribution < 1.29 is 0 Å². The third-order valence-corrected chi connectivity index (χ3v) is 3.33. The fourth-order valence-electron chi connectivity index (χ4n) is 2.47. The van der Waals surface area contributed by atoms with Crippen molar-refractivity contribution in [1.82, 2.24) is 19.7 Å². The topological polar surface area (TPSA) is 55.6 Å². The fourth-order valence-corrected chi connectivity index (χ4v) is 2.47. The number of anilines is 1. The number of nitrogens with one attached hydrogen (secondary N) is 1. The van der Waals surface area contributed by atoms with Gasteiger partial charge in [0.05, 0.1) is 11.7 Å². The van der Waals surface area contributed by atoms with E-state index in [0.29, 0.717) is 5.95 Å². The quantitative estimate of drug-likeness (QED) is 0.920. The van der Waals surface area contributed by atoms with Crippen molar-refractivity contribution in [3.8, 4) is 0 Å². The van der Waals surface area contributed by atoms with Gasteiger partial charge in [-0.05, 0) is 40.7 Å². The first-order valence-corrected chi connectivity index (χ1v) is 6.47. The summed E-state index contributed by atoms with van der Waals surface area (Å²) in [6.45, 7) is 10.2. The van der Waals surface area contributed by atoms with Crippen molar-refractivity contribution in [3.63, 3.8) is 0 Å². The van der Waals surface area contributed by atoms with E-state index in [2.05, 4.69) is 34.2 Å². The lowest BCUT2D eigenvalue weighted by molar-refractivity contribution is 0.728. The van der Waals surface area contributed by atoms with Crippen molar-refractivity contribution >= 4 is 5.95 Å². The van der Waals surface area contributed by atoms with Gasteiger partial charge in [0.25, 0.3) is 0 Å². The Labute approximate surface area is 114 Å². The predicted molar refractivity (Wildman–Crippen MR) is 76.2 cm³/mol. The summed E-state index contributed by atoms with van der Waals surface area (Å²) in [6, 6.07) is 2.10. The van der Waals surface area contributed by atoms with Gasteiger partial charge in [0.2, 0.25) is 5.95 Å². The van der Waals surface area contributed by atoms with Crippen LogP contribution in [0.3, 0.4) is 0 Å². The maximum Gasteiger partial charge on any atom is 0.223 e. The van der Waals surface area contributed by atoms with Gasteiger partial charge in [-0.25, -0.2) is 9.97 Å². The van der Waals surface area contributed by atoms with E-state index >= 15 is 0 Å². The van der Waals surface area contributed by atoms with Crippen LogP contribution in [0.2, 0.25) is 0 Å². The van der Waals surface area contributed by atoms with E-state index in [9.17, 15) is 0 Å². The molecule has 0 fully saturated rings. The normalized spacial score (nSPS) is 12.5. The Morgan fingerprint density at radius 3 is 2.16 bits per heavy atom. The Kier molecular flexibility index (Phi) is 3.55. The number of nitrogens with zero attached hydrogens (tertiary/aromatic N) is 4. The summed E-state index contributed by atoms with van der Waals surface area (Å²) in [5.74, 6) is 0.674. The van der Waals surface area contributed by atoms with Gasteiger partial charge in [-0.15, -0.1) is 0 Å². The summed E-state index contributed by atoms with van der Waals surface area (Å²) in [7, 11) is 1.96. The molecule has 0 aromatic carbocycles. The summed E-state index contributed by atoms with van der Waals surface area (Å²) in [5, 5.41) is 7.80. The molecule has 2 rings (SSSR count). The Balaban J connectivity index is 2.27. The molecule has 2 aromatic rings. The third-order valence-electron chi connectivity index (χ3n) is 3.33. The minimum Gasteiger partial charge on any atom is -0.348 e. The van der Waals surface area contributed by atoms with Crippen molar-refractivity contribution in [1.29, 1.82) is 0 Å². The molecule has 0 radical (unpaired) electrons. The predicted octanol–water partition coefficient (Wildman–Crippen LogP) is 2.62. The summed E-state index contributed by atoms with van der Waals surface area (Å²) in [4.78, 5) is 8.83. The van der Waals surface area contributed by atoms with Gasteiger partial charge in [0.15, 0.2) is 0 Å². The van der Waals surface area contributed by atoms with Crippen LogP contribution < -0.4 is 5.32 Å². The second-order valence-corrected chi connectivity index (χ2v) is 5.05. The zero-order valence-electron chi connectivity index (χ0n) is 12.4. The maximum absolute atomic E-state index is 4.44. The highest BCUT2D eigenvalue weighted by atomic mass is 15.3. The van der Waals surface area contributed by atoms with Crippen LogP contribution in [0.1, 0.15) is 41.3 Å². The standard InChI is InChI=1S/C14H21N5/c1-8-7-9(2)16-14(15-8)17-10(3)13-11(4)18-19(6)12(13)5/h7,10H,1-6H3,(H,15,16,17)/t10-/m1/s1. The van der Waals surface area contributed by atoms with Crippen molar-refractivity contribution in [2.45, 2.75) is 40.7 Å². The van der Waals surface area contributed by atoms with Crippen LogP contribution in [0.4, 0.5) is 5.95 Å². The van der Waals surface area contributed by atoms with Gasteiger partial charge in [0.1, 0.15) is 0 Å². The molecule has 5 heteroatoms. The SMILES string of the molecule is Cc1cc(C)nc(N[C@H](C)c2c(C)nn(C)c2C)n1. The Morgan fingerprint density at radius 1 is 1.11 bits per heavy atom. The number of hydrogen-bond acceptors (Lipinski definition) is 4. The fraction of sp³-hybridized carbons (Fsp3) is 0.500. The van der Waals surface area contributed by atoms with Crippen LogP contribution in [-0.4, -0.2) is 19.7 Å². The second kappa shape index (κ2) is 4.99. The first-order chi connectivity index (χ1) is 8.88. The monoisotopic (exact) mass is 259 g/mol. The molecule has 0 amide bonds. The summed E-state index contributed by atoms with van der Waals surface area (Å²) in [5.41, 5.74) is 5.38. The molecule has 19 heavy (non-hydrogen) atoms. The molecule has 0 saturated carbocycles. The Hall–Kier alpha value is -1.91. The van der Waals surface area contributed by atoms with Crippen molar-refractivity contribution in [2.24, 2.45) is 7.05 Å². The van der Waals surface area contributed by atoms with Crippen LogP contribution in [0.5, 0.6) is 0 Å². The molecule has 1 atom stereocenters. The molecule has 0 bridgehead atoms. The van der Waals surface area contributed by atoms with Gasteiger partial charge >= 0.3 is 0 Å². The summed E-state index contributed by atoms with van der Waals surface area (Å²) >= 11 is 0. The summed E-state index contributed by atoms with van der Waals surface area (Å²) in [6.07, 6.45) is 0. The number of hydrogen-bond donors (Lipinski definition) is 1. The molecule has 2 aromatic heterocycles. The minimum absolute atomic E-state index is 0.134. The van der Waals surface area contributed by atoms with E-state index in [1.54, 1.807) is 0 Å². The van der Waals surface area contributed by atoms with E-state index in [0.717, 1.165) is 17.1 Å². The van der Waals surface area contributed by atoms with Crippen LogP contribution in [-0.2, 0) is 7.05 Å². The van der Waals surface area contributed by atoms with Crippen LogP contribution >= 0.6 is 0 Å². The van der Waals surface area contributed by atoms with E-state index in [4.69, 9.17) is 0 Å². The zero-order chi connectivity index (χ0) is 14.2. The average Bonchev–Trinajstić information content (AvgIpc) is 2.51. The molecule has 0 aliphatic carbocycles. The highest BCUT2D eigenvalue weighted by Crippen LogP contribution is 2.23. The molecule has 0 aliphatic heterocycles.